The summed E-state index contributed by atoms with van der Waals surface area (Å²) in [5, 5.41) is 3.74. The van der Waals surface area contributed by atoms with Crippen molar-refractivity contribution >= 4 is 24.0 Å². The Labute approximate surface area is 121 Å². The predicted molar refractivity (Wildman–Crippen MR) is 81.8 cm³/mol. The second kappa shape index (κ2) is 8.38. The lowest BCUT2D eigenvalue weighted by Gasteiger charge is -2.32. The number of allylic oxidation sites excluding steroid dienone is 1. The van der Waals surface area contributed by atoms with Gasteiger partial charge in [0.15, 0.2) is 6.29 Å². The van der Waals surface area contributed by atoms with Gasteiger partial charge in [0.2, 0.25) is 0 Å². The Balaban J connectivity index is 5.07. The van der Waals surface area contributed by atoms with Crippen LogP contribution in [0.25, 0.3) is 0 Å². The van der Waals surface area contributed by atoms with Crippen LogP contribution < -0.4 is 0 Å². The smallest absolute Gasteiger partial charge is 0.264 e. The van der Waals surface area contributed by atoms with Crippen LogP contribution in [0.5, 0.6) is 0 Å². The normalized spacial score (nSPS) is 14.4. The molecule has 0 spiro atoms. The van der Waals surface area contributed by atoms with E-state index in [1.54, 1.807) is 19.0 Å². The first kappa shape index (κ1) is 18.2. The third kappa shape index (κ3) is 5.37. The van der Waals surface area contributed by atoms with Crippen molar-refractivity contribution in [2.45, 2.75) is 52.3 Å². The molecule has 0 heterocycles. The highest BCUT2D eigenvalue weighted by atomic mass is 32.2. The lowest BCUT2D eigenvalue weighted by Crippen LogP contribution is -2.45. The summed E-state index contributed by atoms with van der Waals surface area (Å²) < 4.78 is 0. The quantitative estimate of drug-likeness (QED) is 0.410. The number of carbonyl (C=O) groups excluding carboxylic acids is 2. The zero-order valence-electron chi connectivity index (χ0n) is 13.1. The van der Waals surface area contributed by atoms with E-state index in [0.29, 0.717) is 15.7 Å². The number of thioether (sulfide) groups is 1. The van der Waals surface area contributed by atoms with Crippen LogP contribution in [-0.4, -0.2) is 47.6 Å². The predicted octanol–water partition coefficient (Wildman–Crippen LogP) is 2.70. The molecule has 0 aliphatic carbocycles. The fourth-order valence-corrected chi connectivity index (χ4v) is 2.26. The first-order valence-corrected chi connectivity index (χ1v) is 7.47. The molecule has 0 aliphatic heterocycles. The Morgan fingerprint density at radius 1 is 1.26 bits per heavy atom. The molecule has 110 valence electrons. The van der Waals surface area contributed by atoms with Gasteiger partial charge in [-0.1, -0.05) is 13.8 Å². The Morgan fingerprint density at radius 2 is 1.79 bits per heavy atom. The third-order valence-electron chi connectivity index (χ3n) is 3.21. The molecule has 0 radical (unpaired) electrons. The molecule has 1 atom stereocenters. The van der Waals surface area contributed by atoms with Gasteiger partial charge in [0.25, 0.3) is 5.91 Å². The van der Waals surface area contributed by atoms with E-state index < -0.39 is 0 Å². The van der Waals surface area contributed by atoms with Crippen LogP contribution in [0.2, 0.25) is 0 Å². The van der Waals surface area contributed by atoms with E-state index in [1.165, 1.54) is 11.8 Å². The SMILES string of the molecule is CCC(C)S/C(C=O)=C(\C)C(=O)N(C)N(C)C(C)C. The lowest BCUT2D eigenvalue weighted by molar-refractivity contribution is -0.141. The van der Waals surface area contributed by atoms with Gasteiger partial charge in [-0.2, -0.15) is 0 Å². The van der Waals surface area contributed by atoms with E-state index in [1.807, 2.05) is 25.9 Å². The van der Waals surface area contributed by atoms with Crippen molar-refractivity contribution in [2.75, 3.05) is 14.1 Å². The highest BCUT2D eigenvalue weighted by Crippen LogP contribution is 2.25. The molecule has 0 bridgehead atoms. The number of nitrogens with zero attached hydrogens (tertiary/aromatic N) is 2. The van der Waals surface area contributed by atoms with Crippen LogP contribution in [0, 0.1) is 0 Å². The maximum atomic E-state index is 12.3. The highest BCUT2D eigenvalue weighted by Gasteiger charge is 2.20. The number of hydrogen-bond donors (Lipinski definition) is 0. The van der Waals surface area contributed by atoms with Gasteiger partial charge < -0.3 is 0 Å². The molecule has 4 nitrogen and oxygen atoms in total. The lowest BCUT2D eigenvalue weighted by atomic mass is 10.2. The molecule has 0 rings (SSSR count). The Kier molecular flexibility index (Phi) is 8.02. The molecule has 1 amide bonds. The molecule has 0 aromatic carbocycles. The highest BCUT2D eigenvalue weighted by molar-refractivity contribution is 8.04. The minimum absolute atomic E-state index is 0.130. The molecule has 0 N–H and O–H groups in total. The Hall–Kier alpha value is -0.810. The van der Waals surface area contributed by atoms with Gasteiger partial charge in [-0.3, -0.25) is 14.6 Å². The number of aldehydes is 1. The minimum atomic E-state index is -0.130. The van der Waals surface area contributed by atoms with E-state index >= 15 is 0 Å². The van der Waals surface area contributed by atoms with Crippen LogP contribution >= 0.6 is 11.8 Å². The molecule has 0 saturated heterocycles. The molecule has 1 unspecified atom stereocenters. The topological polar surface area (TPSA) is 40.6 Å². The fourth-order valence-electron chi connectivity index (χ4n) is 1.34. The number of rotatable bonds is 7. The van der Waals surface area contributed by atoms with Crippen molar-refractivity contribution in [2.24, 2.45) is 0 Å². The zero-order chi connectivity index (χ0) is 15.2. The molecule has 0 aromatic rings. The van der Waals surface area contributed by atoms with Crippen LogP contribution in [0.4, 0.5) is 0 Å². The number of carbonyl (C=O) groups is 2. The Bertz CT molecular complexity index is 353. The molecule has 0 aromatic heterocycles. The molecule has 0 fully saturated rings. The monoisotopic (exact) mass is 286 g/mol. The first-order valence-electron chi connectivity index (χ1n) is 6.59. The molecule has 0 saturated carbocycles. The molecular weight excluding hydrogens is 260 g/mol. The summed E-state index contributed by atoms with van der Waals surface area (Å²) in [5.41, 5.74) is 0.510. The van der Waals surface area contributed by atoms with Gasteiger partial charge >= 0.3 is 0 Å². The van der Waals surface area contributed by atoms with E-state index in [4.69, 9.17) is 0 Å². The van der Waals surface area contributed by atoms with E-state index in [9.17, 15) is 9.59 Å². The number of hydrazine groups is 1. The summed E-state index contributed by atoms with van der Waals surface area (Å²) in [5.74, 6) is -0.130. The third-order valence-corrected chi connectivity index (χ3v) is 4.61. The van der Waals surface area contributed by atoms with Gasteiger partial charge in [-0.05, 0) is 27.2 Å². The summed E-state index contributed by atoms with van der Waals surface area (Å²) in [6.45, 7) is 9.85. The number of likely N-dealkylation sites (N-methyl/N-ethyl adjacent to an activating group) is 1. The van der Waals surface area contributed by atoms with Gasteiger partial charge in [0, 0.05) is 31.0 Å². The average molecular weight is 286 g/mol. The minimum Gasteiger partial charge on any atom is -0.297 e. The molecule has 19 heavy (non-hydrogen) atoms. The fraction of sp³-hybridized carbons (Fsp3) is 0.714. The summed E-state index contributed by atoms with van der Waals surface area (Å²) in [6, 6.07) is 0.226. The van der Waals surface area contributed by atoms with Gasteiger partial charge in [-0.15, -0.1) is 11.8 Å². The van der Waals surface area contributed by atoms with Crippen LogP contribution in [0.1, 0.15) is 41.0 Å². The average Bonchev–Trinajstić information content (AvgIpc) is 2.40. The summed E-state index contributed by atoms with van der Waals surface area (Å²) >= 11 is 1.46. The van der Waals surface area contributed by atoms with Gasteiger partial charge in [0.05, 0.1) is 4.91 Å². The molecule has 5 heteroatoms. The Morgan fingerprint density at radius 3 is 2.16 bits per heavy atom. The number of hydrogen-bond acceptors (Lipinski definition) is 4. The van der Waals surface area contributed by atoms with Crippen molar-refractivity contribution in [1.82, 2.24) is 10.0 Å². The molecule has 0 aliphatic rings. The van der Waals surface area contributed by atoms with Crippen LogP contribution in [0.3, 0.4) is 0 Å². The van der Waals surface area contributed by atoms with Gasteiger partial charge in [0.1, 0.15) is 0 Å². The summed E-state index contributed by atoms with van der Waals surface area (Å²) in [6.07, 6.45) is 1.75. The van der Waals surface area contributed by atoms with Gasteiger partial charge in [-0.25, -0.2) is 5.01 Å². The second-order valence-electron chi connectivity index (χ2n) is 4.94. The number of amides is 1. The van der Waals surface area contributed by atoms with E-state index in [0.717, 1.165) is 12.7 Å². The van der Waals surface area contributed by atoms with Crippen LogP contribution in [0.15, 0.2) is 10.5 Å². The molecular formula is C14H26N2O2S. The first-order chi connectivity index (χ1) is 8.76. The van der Waals surface area contributed by atoms with Crippen molar-refractivity contribution in [3.63, 3.8) is 0 Å². The van der Waals surface area contributed by atoms with Crippen molar-refractivity contribution in [1.29, 1.82) is 0 Å². The van der Waals surface area contributed by atoms with E-state index in [-0.39, 0.29) is 11.9 Å². The maximum Gasteiger partial charge on any atom is 0.264 e. The van der Waals surface area contributed by atoms with Crippen molar-refractivity contribution < 1.29 is 9.59 Å². The maximum absolute atomic E-state index is 12.3. The van der Waals surface area contributed by atoms with Crippen molar-refractivity contribution in [3.8, 4) is 0 Å². The summed E-state index contributed by atoms with van der Waals surface area (Å²) in [7, 11) is 3.58. The standard InChI is InChI=1S/C14H26N2O2S/c1-8-11(4)19-13(9-17)12(5)14(18)16(7)15(6)10(2)3/h9-11H,8H2,1-7H3/b13-12+. The largest absolute Gasteiger partial charge is 0.297 e. The van der Waals surface area contributed by atoms with Crippen LogP contribution in [-0.2, 0) is 9.59 Å². The zero-order valence-corrected chi connectivity index (χ0v) is 13.9. The summed E-state index contributed by atoms with van der Waals surface area (Å²) in [4.78, 5) is 24.0. The van der Waals surface area contributed by atoms with E-state index in [2.05, 4.69) is 13.8 Å². The second-order valence-corrected chi connectivity index (χ2v) is 6.42. The van der Waals surface area contributed by atoms with Crippen molar-refractivity contribution in [3.05, 3.63) is 10.5 Å².